The Balaban J connectivity index is 2.49. The number of nitrogens with zero attached hydrogens (tertiary/aromatic N) is 3. The van der Waals surface area contributed by atoms with Gasteiger partial charge in [0.15, 0.2) is 4.77 Å². The first-order valence-corrected chi connectivity index (χ1v) is 8.54. The van der Waals surface area contributed by atoms with Crippen LogP contribution in [0, 0.1) is 4.77 Å². The molecule has 1 aromatic carbocycles. The van der Waals surface area contributed by atoms with Gasteiger partial charge in [-0.2, -0.15) is 0 Å². The van der Waals surface area contributed by atoms with E-state index in [1.54, 1.807) is 6.07 Å². The minimum absolute atomic E-state index is 0.140. The van der Waals surface area contributed by atoms with Crippen LogP contribution in [0.15, 0.2) is 34.1 Å². The second-order valence-corrected chi connectivity index (χ2v) is 6.12. The van der Waals surface area contributed by atoms with Gasteiger partial charge in [-0.25, -0.2) is 0 Å². The summed E-state index contributed by atoms with van der Waals surface area (Å²) >= 11 is 11.3. The number of benzene rings is 1. The summed E-state index contributed by atoms with van der Waals surface area (Å²) in [6, 6.07) is 7.18. The molecule has 0 spiro atoms. The molecule has 5 nitrogen and oxygen atoms in total. The van der Waals surface area contributed by atoms with E-state index in [9.17, 15) is 9.90 Å². The summed E-state index contributed by atoms with van der Waals surface area (Å²) in [7, 11) is 0. The van der Waals surface area contributed by atoms with E-state index in [1.807, 2.05) is 39.0 Å². The highest BCUT2D eigenvalue weighted by Crippen LogP contribution is 2.21. The summed E-state index contributed by atoms with van der Waals surface area (Å²) in [5.41, 5.74) is 0.727. The third kappa shape index (κ3) is 3.60. The average Bonchev–Trinajstić information content (AvgIpc) is 2.55. The molecule has 24 heavy (non-hydrogen) atoms. The maximum atomic E-state index is 12.5. The lowest BCUT2D eigenvalue weighted by Crippen LogP contribution is -2.28. The molecule has 128 valence electrons. The number of hydrogen-bond acceptors (Lipinski definition) is 4. The summed E-state index contributed by atoms with van der Waals surface area (Å²) in [5.74, 6) is -0.153. The Bertz CT molecular complexity index is 886. The number of aromatic nitrogens is 2. The van der Waals surface area contributed by atoms with E-state index >= 15 is 0 Å². The van der Waals surface area contributed by atoms with Crippen LogP contribution in [0.4, 0.5) is 0 Å². The predicted octanol–water partition coefficient (Wildman–Crippen LogP) is 3.96. The molecule has 2 rings (SSSR count). The molecule has 0 fully saturated rings. The largest absolute Gasteiger partial charge is 0.494 e. The van der Waals surface area contributed by atoms with Crippen LogP contribution >= 0.6 is 23.8 Å². The van der Waals surface area contributed by atoms with E-state index in [0.29, 0.717) is 22.9 Å². The summed E-state index contributed by atoms with van der Waals surface area (Å²) in [6.45, 7) is 6.49. The van der Waals surface area contributed by atoms with Crippen molar-refractivity contribution in [1.29, 1.82) is 0 Å². The molecule has 0 saturated heterocycles. The van der Waals surface area contributed by atoms with Crippen LogP contribution in [0.2, 0.25) is 5.02 Å². The zero-order valence-electron chi connectivity index (χ0n) is 13.9. The standard InChI is InChI=1S/C17H20ClN3O2S/c1-4-20-15(22)14(16(23)21(5-2)17(20)24)10-19-11(3)12-7-6-8-13(18)9-12/h6-11,22H,4-5H2,1-3H3/t11-/m1/s1. The monoisotopic (exact) mass is 365 g/mol. The minimum Gasteiger partial charge on any atom is -0.494 e. The van der Waals surface area contributed by atoms with Crippen LogP contribution in [0.25, 0.3) is 0 Å². The van der Waals surface area contributed by atoms with Gasteiger partial charge in [-0.05, 0) is 50.7 Å². The van der Waals surface area contributed by atoms with E-state index in [-0.39, 0.29) is 23.0 Å². The van der Waals surface area contributed by atoms with E-state index in [4.69, 9.17) is 23.8 Å². The third-order valence-electron chi connectivity index (χ3n) is 3.82. The fourth-order valence-corrected chi connectivity index (χ4v) is 3.05. The van der Waals surface area contributed by atoms with Gasteiger partial charge < -0.3 is 5.11 Å². The van der Waals surface area contributed by atoms with Crippen LogP contribution in [0.1, 0.15) is 37.9 Å². The lowest BCUT2D eigenvalue weighted by molar-refractivity contribution is 0.399. The third-order valence-corrected chi connectivity index (χ3v) is 4.50. The van der Waals surface area contributed by atoms with Gasteiger partial charge in [0.25, 0.3) is 5.56 Å². The van der Waals surface area contributed by atoms with Crippen LogP contribution in [0.3, 0.4) is 0 Å². The van der Waals surface area contributed by atoms with Gasteiger partial charge in [0.05, 0.1) is 6.04 Å². The molecule has 1 aromatic heterocycles. The molecule has 0 aliphatic rings. The van der Waals surface area contributed by atoms with Crippen molar-refractivity contribution in [3.05, 3.63) is 55.5 Å². The molecular weight excluding hydrogens is 346 g/mol. The Morgan fingerprint density at radius 2 is 2.00 bits per heavy atom. The van der Waals surface area contributed by atoms with Gasteiger partial charge in [-0.3, -0.25) is 18.9 Å². The summed E-state index contributed by atoms with van der Waals surface area (Å²) < 4.78 is 3.28. The summed E-state index contributed by atoms with van der Waals surface area (Å²) in [4.78, 5) is 16.9. The Kier molecular flexibility index (Phi) is 5.96. The van der Waals surface area contributed by atoms with Crippen molar-refractivity contribution in [1.82, 2.24) is 9.13 Å². The number of rotatable bonds is 5. The number of aromatic hydroxyl groups is 1. The van der Waals surface area contributed by atoms with Gasteiger partial charge in [0, 0.05) is 24.3 Å². The molecule has 0 bridgehead atoms. The molecule has 1 atom stereocenters. The molecule has 0 unspecified atom stereocenters. The topological polar surface area (TPSA) is 59.5 Å². The molecule has 0 saturated carbocycles. The molecule has 0 aliphatic carbocycles. The highest BCUT2D eigenvalue weighted by molar-refractivity contribution is 7.71. The van der Waals surface area contributed by atoms with Crippen LogP contribution < -0.4 is 5.56 Å². The number of hydrogen-bond donors (Lipinski definition) is 1. The Labute approximate surface area is 150 Å². The van der Waals surface area contributed by atoms with Crippen molar-refractivity contribution < 1.29 is 5.11 Å². The van der Waals surface area contributed by atoms with Crippen molar-refractivity contribution in [3.8, 4) is 5.88 Å². The smallest absolute Gasteiger partial charge is 0.267 e. The van der Waals surface area contributed by atoms with Crippen molar-refractivity contribution in [3.63, 3.8) is 0 Å². The van der Waals surface area contributed by atoms with Crippen LogP contribution in [-0.4, -0.2) is 20.5 Å². The van der Waals surface area contributed by atoms with Gasteiger partial charge in [0.2, 0.25) is 5.88 Å². The molecular formula is C17H20ClN3O2S. The summed E-state index contributed by atoms with van der Waals surface area (Å²) in [6.07, 6.45) is 1.41. The van der Waals surface area contributed by atoms with Crippen molar-refractivity contribution >= 4 is 30.0 Å². The molecule has 0 amide bonds. The van der Waals surface area contributed by atoms with Crippen LogP contribution in [-0.2, 0) is 13.1 Å². The molecule has 7 heteroatoms. The molecule has 0 radical (unpaired) electrons. The predicted molar refractivity (Wildman–Crippen MR) is 100.0 cm³/mol. The maximum absolute atomic E-state index is 12.5. The zero-order valence-corrected chi connectivity index (χ0v) is 15.4. The molecule has 0 aliphatic heterocycles. The molecule has 1 heterocycles. The SMILES string of the molecule is CCn1c(O)c(C=N[C@H](C)c2cccc(Cl)c2)c(=O)n(CC)c1=S. The lowest BCUT2D eigenvalue weighted by atomic mass is 10.1. The summed E-state index contributed by atoms with van der Waals surface area (Å²) in [5, 5.41) is 11.0. The number of aliphatic imine (C=N–C) groups is 1. The zero-order chi connectivity index (χ0) is 17.9. The van der Waals surface area contributed by atoms with E-state index < -0.39 is 0 Å². The first kappa shape index (κ1) is 18.4. The highest BCUT2D eigenvalue weighted by atomic mass is 35.5. The Hall–Kier alpha value is -1.92. The highest BCUT2D eigenvalue weighted by Gasteiger charge is 2.14. The lowest BCUT2D eigenvalue weighted by Gasteiger charge is -2.14. The van der Waals surface area contributed by atoms with Crippen molar-refractivity contribution in [2.45, 2.75) is 39.9 Å². The molecule has 1 N–H and O–H groups in total. The second-order valence-electron chi connectivity index (χ2n) is 5.32. The Morgan fingerprint density at radius 3 is 2.58 bits per heavy atom. The fourth-order valence-electron chi connectivity index (χ4n) is 2.43. The maximum Gasteiger partial charge on any atom is 0.267 e. The van der Waals surface area contributed by atoms with Crippen molar-refractivity contribution in [2.75, 3.05) is 0 Å². The van der Waals surface area contributed by atoms with E-state index in [1.165, 1.54) is 15.3 Å². The van der Waals surface area contributed by atoms with Gasteiger partial charge in [-0.1, -0.05) is 23.7 Å². The van der Waals surface area contributed by atoms with E-state index in [0.717, 1.165) is 5.56 Å². The van der Waals surface area contributed by atoms with Crippen LogP contribution in [0.5, 0.6) is 5.88 Å². The fraction of sp³-hybridized carbons (Fsp3) is 0.353. The quantitative estimate of drug-likeness (QED) is 0.644. The molecule has 2 aromatic rings. The van der Waals surface area contributed by atoms with Gasteiger partial charge in [-0.15, -0.1) is 0 Å². The number of halogens is 1. The van der Waals surface area contributed by atoms with Crippen molar-refractivity contribution in [2.24, 2.45) is 4.99 Å². The normalized spacial score (nSPS) is 12.7. The second kappa shape index (κ2) is 7.77. The van der Waals surface area contributed by atoms with Gasteiger partial charge >= 0.3 is 0 Å². The van der Waals surface area contributed by atoms with Gasteiger partial charge in [0.1, 0.15) is 5.56 Å². The van der Waals surface area contributed by atoms with E-state index in [2.05, 4.69) is 4.99 Å². The Morgan fingerprint density at radius 1 is 1.33 bits per heavy atom. The minimum atomic E-state index is -0.341. The first-order chi connectivity index (χ1) is 11.4. The first-order valence-electron chi connectivity index (χ1n) is 7.75. The average molecular weight is 366 g/mol.